The molecule has 2 nitrogen and oxygen atoms in total. The first-order valence-corrected chi connectivity index (χ1v) is 13.8. The van der Waals surface area contributed by atoms with Gasteiger partial charge in [0, 0.05) is 16.3 Å². The number of aromatic nitrogens is 1. The lowest BCUT2D eigenvalue weighted by Crippen LogP contribution is -2.38. The van der Waals surface area contributed by atoms with Crippen molar-refractivity contribution >= 4 is 45.5 Å². The Labute approximate surface area is 165 Å². The summed E-state index contributed by atoms with van der Waals surface area (Å²) in [6.45, 7) is 11.6. The summed E-state index contributed by atoms with van der Waals surface area (Å²) in [6, 6.07) is 9.13. The molecule has 0 fully saturated rings. The van der Waals surface area contributed by atoms with Gasteiger partial charge in [-0.3, -0.25) is 0 Å². The second kappa shape index (κ2) is 5.43. The molecule has 0 amide bonds. The average Bonchev–Trinajstić information content (AvgIpc) is 3.11. The van der Waals surface area contributed by atoms with Crippen molar-refractivity contribution in [3.8, 4) is 22.8 Å². The Morgan fingerprint density at radius 3 is 2.56 bits per heavy atom. The van der Waals surface area contributed by atoms with Crippen LogP contribution >= 0.6 is 11.3 Å². The first-order valence-electron chi connectivity index (χ1n) is 9.43. The molecule has 0 N–H and O–H groups in total. The van der Waals surface area contributed by atoms with Gasteiger partial charge in [-0.25, -0.2) is 4.57 Å². The van der Waals surface area contributed by atoms with Gasteiger partial charge in [0.1, 0.15) is 18.5 Å². The van der Waals surface area contributed by atoms with E-state index in [4.69, 9.17) is 4.74 Å². The summed E-state index contributed by atoms with van der Waals surface area (Å²) in [5.74, 6) is 2.04. The summed E-state index contributed by atoms with van der Waals surface area (Å²) >= 11 is 1.82. The minimum atomic E-state index is -1.44. The molecule has 1 aliphatic heterocycles. The molecule has 0 atom stereocenters. The van der Waals surface area contributed by atoms with E-state index in [9.17, 15) is 0 Å². The van der Waals surface area contributed by atoms with Crippen LogP contribution in [0, 0.1) is 13.8 Å². The maximum Gasteiger partial charge on any atom is 0.228 e. The van der Waals surface area contributed by atoms with E-state index in [1.54, 1.807) is 0 Å². The molecule has 2 aromatic carbocycles. The molecule has 0 saturated heterocycles. The molecule has 0 radical (unpaired) electrons. The molecule has 1 aliphatic rings. The summed E-state index contributed by atoms with van der Waals surface area (Å²) in [5, 5.41) is 7.47. The van der Waals surface area contributed by atoms with E-state index in [1.165, 1.54) is 48.4 Å². The zero-order valence-electron chi connectivity index (χ0n) is 16.7. The van der Waals surface area contributed by atoms with Gasteiger partial charge in [-0.1, -0.05) is 30.9 Å². The number of ether oxygens (including phenoxy) is 1. The van der Waals surface area contributed by atoms with Crippen LogP contribution in [0.5, 0.6) is 11.5 Å². The number of fused-ring (bicyclic) bond motifs is 3. The van der Waals surface area contributed by atoms with Gasteiger partial charge in [-0.05, 0) is 47.7 Å². The van der Waals surface area contributed by atoms with Gasteiger partial charge in [-0.2, -0.15) is 0 Å². The highest BCUT2D eigenvalue weighted by Gasteiger charge is 2.33. The molecule has 5 rings (SSSR count). The minimum absolute atomic E-state index is 1.01. The Morgan fingerprint density at radius 1 is 1.04 bits per heavy atom. The zero-order valence-corrected chi connectivity index (χ0v) is 18.5. The Bertz CT molecular complexity index is 1260. The predicted octanol–water partition coefficient (Wildman–Crippen LogP) is 5.81. The van der Waals surface area contributed by atoms with Crippen LogP contribution in [0.4, 0.5) is 0 Å². The highest BCUT2D eigenvalue weighted by molar-refractivity contribution is 7.17. The summed E-state index contributed by atoms with van der Waals surface area (Å²) < 4.78 is 10.3. The van der Waals surface area contributed by atoms with Gasteiger partial charge in [0.2, 0.25) is 5.69 Å². The molecule has 0 spiro atoms. The fourth-order valence-electron chi connectivity index (χ4n) is 4.29. The van der Waals surface area contributed by atoms with Crippen LogP contribution in [0.15, 0.2) is 35.8 Å². The first-order chi connectivity index (χ1) is 12.8. The van der Waals surface area contributed by atoms with Crippen molar-refractivity contribution in [2.24, 2.45) is 7.05 Å². The molecule has 0 saturated carbocycles. The van der Waals surface area contributed by atoms with Crippen LogP contribution in [0.25, 0.3) is 32.1 Å². The van der Waals surface area contributed by atoms with E-state index in [0.717, 1.165) is 11.5 Å². The number of benzene rings is 2. The van der Waals surface area contributed by atoms with Gasteiger partial charge in [0.05, 0.1) is 19.0 Å². The second-order valence-electron chi connectivity index (χ2n) is 8.68. The number of rotatable bonds is 1. The molecule has 27 heavy (non-hydrogen) atoms. The maximum absolute atomic E-state index is 6.64. The summed E-state index contributed by atoms with van der Waals surface area (Å²) in [7, 11) is 0.707. The van der Waals surface area contributed by atoms with E-state index in [2.05, 4.69) is 80.9 Å². The third kappa shape index (κ3) is 2.26. The van der Waals surface area contributed by atoms with Crippen molar-refractivity contribution < 1.29 is 9.30 Å². The van der Waals surface area contributed by atoms with Crippen LogP contribution in [0.2, 0.25) is 19.6 Å². The molecular weight excluding hydrogens is 366 g/mol. The molecule has 0 bridgehead atoms. The molecule has 4 heteroatoms. The largest absolute Gasteiger partial charge is 0.455 e. The predicted molar refractivity (Wildman–Crippen MR) is 118 cm³/mol. The number of pyridine rings is 1. The van der Waals surface area contributed by atoms with Gasteiger partial charge in [-0.15, -0.1) is 11.3 Å². The third-order valence-electron chi connectivity index (χ3n) is 5.87. The third-order valence-corrected chi connectivity index (χ3v) is 8.92. The van der Waals surface area contributed by atoms with Crippen molar-refractivity contribution in [3.63, 3.8) is 0 Å². The lowest BCUT2D eigenvalue weighted by molar-refractivity contribution is -0.659. The number of aryl methyl sites for hydroxylation is 3. The van der Waals surface area contributed by atoms with E-state index in [-0.39, 0.29) is 0 Å². The summed E-state index contributed by atoms with van der Waals surface area (Å²) in [5.41, 5.74) is 5.10. The van der Waals surface area contributed by atoms with Crippen LogP contribution in [0.1, 0.15) is 11.1 Å². The number of nitrogens with zero attached hydrogens (tertiary/aromatic N) is 1. The highest BCUT2D eigenvalue weighted by Crippen LogP contribution is 2.50. The zero-order chi connectivity index (χ0) is 19.1. The lowest BCUT2D eigenvalue weighted by Gasteiger charge is -2.25. The molecule has 4 aromatic rings. The van der Waals surface area contributed by atoms with Crippen molar-refractivity contribution in [3.05, 3.63) is 47.0 Å². The summed E-state index contributed by atoms with van der Waals surface area (Å²) in [4.78, 5) is 0. The van der Waals surface area contributed by atoms with Crippen LogP contribution in [-0.4, -0.2) is 8.07 Å². The van der Waals surface area contributed by atoms with Gasteiger partial charge in [0.15, 0.2) is 6.20 Å². The van der Waals surface area contributed by atoms with Crippen LogP contribution in [0.3, 0.4) is 0 Å². The second-order valence-corrected chi connectivity index (χ2v) is 14.7. The first kappa shape index (κ1) is 17.0. The SMILES string of the molecule is Cc1c2c(c(C)c3sccc13)-c1c3c(cc([Si](C)(C)C)cc3cc[n+]1C)O2. The quantitative estimate of drug-likeness (QED) is 0.260. The Hall–Kier alpha value is -2.17. The van der Waals surface area contributed by atoms with E-state index in [1.807, 2.05) is 11.3 Å². The molecule has 2 aromatic heterocycles. The van der Waals surface area contributed by atoms with E-state index >= 15 is 0 Å². The Kier molecular flexibility index (Phi) is 3.41. The van der Waals surface area contributed by atoms with Crippen LogP contribution < -0.4 is 14.5 Å². The standard InChI is InChI=1S/C23H24NOSSi/c1-13-17-8-10-26-23(17)14(2)19-21-20-15(7-9-24(21)3)11-16(27(4,5)6)12-18(20)25-22(13)19/h7-12H,1-6H3/q+1. The smallest absolute Gasteiger partial charge is 0.228 e. The minimum Gasteiger partial charge on any atom is -0.455 e. The molecular formula is C23H24NOSSi+. The van der Waals surface area contributed by atoms with Crippen molar-refractivity contribution in [1.29, 1.82) is 0 Å². The van der Waals surface area contributed by atoms with Crippen LogP contribution in [-0.2, 0) is 7.05 Å². The van der Waals surface area contributed by atoms with Gasteiger partial charge in [0.25, 0.3) is 0 Å². The highest BCUT2D eigenvalue weighted by atomic mass is 32.1. The topological polar surface area (TPSA) is 13.1 Å². The number of hydrogen-bond donors (Lipinski definition) is 0. The molecule has 136 valence electrons. The fourth-order valence-corrected chi connectivity index (χ4v) is 6.41. The fraction of sp³-hybridized carbons (Fsp3) is 0.261. The van der Waals surface area contributed by atoms with Gasteiger partial charge < -0.3 is 4.74 Å². The van der Waals surface area contributed by atoms with Crippen molar-refractivity contribution in [2.45, 2.75) is 33.5 Å². The van der Waals surface area contributed by atoms with Crippen molar-refractivity contribution in [1.82, 2.24) is 0 Å². The Balaban J connectivity index is 1.97. The summed E-state index contributed by atoms with van der Waals surface area (Å²) in [6.07, 6.45) is 2.19. The van der Waals surface area contributed by atoms with E-state index < -0.39 is 8.07 Å². The average molecular weight is 391 g/mol. The molecule has 0 unspecified atom stereocenters. The number of hydrogen-bond acceptors (Lipinski definition) is 2. The number of thiophene rings is 1. The van der Waals surface area contributed by atoms with Crippen molar-refractivity contribution in [2.75, 3.05) is 0 Å². The maximum atomic E-state index is 6.64. The normalized spacial score (nSPS) is 13.1. The van der Waals surface area contributed by atoms with E-state index in [0.29, 0.717) is 0 Å². The molecule has 3 heterocycles. The van der Waals surface area contributed by atoms with Gasteiger partial charge >= 0.3 is 0 Å². The molecule has 0 aliphatic carbocycles. The Morgan fingerprint density at radius 2 is 1.81 bits per heavy atom. The lowest BCUT2D eigenvalue weighted by atomic mass is 9.92. The monoisotopic (exact) mass is 390 g/mol.